The smallest absolute Gasteiger partial charge is 0.0590 e. The normalized spacial score (nSPS) is 13.1. The molecule has 8 aromatic carbocycles. The van der Waals surface area contributed by atoms with E-state index in [1.54, 1.807) is 0 Å². The van der Waals surface area contributed by atoms with Crippen LogP contribution in [0.15, 0.2) is 146 Å². The van der Waals surface area contributed by atoms with Crippen LogP contribution in [0.2, 0.25) is 0 Å². The minimum Gasteiger partial charge on any atom is -0.0590 e. The lowest BCUT2D eigenvalue weighted by atomic mass is 9.69. The van der Waals surface area contributed by atoms with E-state index in [9.17, 15) is 0 Å². The van der Waals surface area contributed by atoms with Crippen LogP contribution in [0.4, 0.5) is 0 Å². The molecule has 0 N–H and O–H groups in total. The Morgan fingerprint density at radius 1 is 0.228 bits per heavy atom. The van der Waals surface area contributed by atoms with Gasteiger partial charge in [-0.3, -0.25) is 0 Å². The Labute approximate surface area is 338 Å². The third-order valence-corrected chi connectivity index (χ3v) is 13.1. The summed E-state index contributed by atoms with van der Waals surface area (Å²) in [7, 11) is 0. The summed E-state index contributed by atoms with van der Waals surface area (Å²) in [4.78, 5) is 0. The zero-order chi connectivity index (χ0) is 39.3. The first-order chi connectivity index (χ1) is 27.5. The van der Waals surface area contributed by atoms with Crippen molar-refractivity contribution in [3.8, 4) is 66.8 Å². The number of rotatable bonds is 4. The summed E-state index contributed by atoms with van der Waals surface area (Å²) in [6.45, 7) is 17.8. The van der Waals surface area contributed by atoms with Gasteiger partial charge in [-0.2, -0.15) is 0 Å². The Bertz CT molecular complexity index is 2580. The maximum Gasteiger partial charge on any atom is 0.0726 e. The Balaban J connectivity index is 1.35. The summed E-state index contributed by atoms with van der Waals surface area (Å²) >= 11 is 0. The lowest BCUT2D eigenvalue weighted by Crippen LogP contribution is -2.26. The van der Waals surface area contributed by atoms with Gasteiger partial charge in [0.2, 0.25) is 0 Å². The van der Waals surface area contributed by atoms with E-state index in [0.29, 0.717) is 0 Å². The molecule has 2 aliphatic rings. The second kappa shape index (κ2) is 12.9. The van der Waals surface area contributed by atoms with Crippen LogP contribution in [0.3, 0.4) is 0 Å². The Hall–Kier alpha value is -6.24. The molecule has 0 radical (unpaired) electrons. The summed E-state index contributed by atoms with van der Waals surface area (Å²) < 4.78 is 0. The van der Waals surface area contributed by atoms with Gasteiger partial charge in [-0.25, -0.2) is 0 Å². The van der Waals surface area contributed by atoms with Crippen molar-refractivity contribution < 1.29 is 0 Å². The van der Waals surface area contributed by atoms with Crippen molar-refractivity contribution in [2.75, 3.05) is 0 Å². The van der Waals surface area contributed by atoms with Crippen molar-refractivity contribution in [2.45, 2.75) is 60.8 Å². The molecule has 0 bridgehead atoms. The van der Waals surface area contributed by atoms with Crippen LogP contribution in [-0.2, 0) is 5.41 Å². The predicted octanol–water partition coefficient (Wildman–Crippen LogP) is 15.2. The summed E-state index contributed by atoms with van der Waals surface area (Å²) in [6.07, 6.45) is 0. The van der Waals surface area contributed by atoms with Gasteiger partial charge in [-0.1, -0.05) is 144 Å². The monoisotopic (exact) mass is 732 g/mol. The van der Waals surface area contributed by atoms with Gasteiger partial charge in [-0.05, 0) is 191 Å². The SMILES string of the molecule is Cc1ccc(C)c(-c2ccc3c(c2)C2(c4cc(-c5cc(C)ccc5C)ccc4-3)c3cc(-c4cc(C)ccc4C)ccc3-c3ccc(-c4cc(C)ccc4C)cc32)c1. The fourth-order valence-electron chi connectivity index (χ4n) is 10.1. The highest BCUT2D eigenvalue weighted by Crippen LogP contribution is 2.64. The first-order valence-electron chi connectivity index (χ1n) is 20.4. The van der Waals surface area contributed by atoms with Crippen LogP contribution in [0.5, 0.6) is 0 Å². The molecule has 0 nitrogen and oxygen atoms in total. The zero-order valence-corrected chi connectivity index (χ0v) is 34.4. The predicted molar refractivity (Wildman–Crippen MR) is 242 cm³/mol. The fourth-order valence-corrected chi connectivity index (χ4v) is 10.1. The largest absolute Gasteiger partial charge is 0.0726 e. The topological polar surface area (TPSA) is 0 Å². The molecule has 0 heteroatoms. The van der Waals surface area contributed by atoms with E-state index in [1.165, 1.54) is 134 Å². The first kappa shape index (κ1) is 35.2. The minimum absolute atomic E-state index is 0.543. The molecule has 0 aliphatic heterocycles. The molecule has 10 rings (SSSR count). The standard InChI is InChI=1S/C57H48/c1-33-9-13-37(5)49(25-33)41-17-21-45-46-22-18-42(50-26-34(2)10-14-38(50)6)30-54(46)57(53(45)29-41)55-31-43(51-27-35(3)11-15-39(51)7)19-23-47(55)48-24-20-44(32-56(48)57)52-28-36(4)12-16-40(52)8/h9-32H,1-8H3. The van der Waals surface area contributed by atoms with Crippen LogP contribution in [0.1, 0.15) is 66.8 Å². The van der Waals surface area contributed by atoms with Crippen molar-refractivity contribution in [2.24, 2.45) is 0 Å². The minimum atomic E-state index is -0.543. The van der Waals surface area contributed by atoms with Crippen LogP contribution >= 0.6 is 0 Å². The van der Waals surface area contributed by atoms with Gasteiger partial charge in [0.15, 0.2) is 0 Å². The molecule has 57 heavy (non-hydrogen) atoms. The maximum atomic E-state index is 2.54. The quantitative estimate of drug-likeness (QED) is 0.169. The molecule has 0 amide bonds. The highest BCUT2D eigenvalue weighted by atomic mass is 14.5. The number of aryl methyl sites for hydroxylation is 8. The molecule has 2 aliphatic carbocycles. The van der Waals surface area contributed by atoms with E-state index in [4.69, 9.17) is 0 Å². The number of hydrogen-bond donors (Lipinski definition) is 0. The molecule has 276 valence electrons. The Morgan fingerprint density at radius 3 is 0.684 bits per heavy atom. The molecule has 0 unspecified atom stereocenters. The van der Waals surface area contributed by atoms with Gasteiger partial charge in [0, 0.05) is 0 Å². The van der Waals surface area contributed by atoms with E-state index < -0.39 is 5.41 Å². The molecular weight excluding hydrogens is 685 g/mol. The molecule has 0 saturated heterocycles. The van der Waals surface area contributed by atoms with E-state index in [1.807, 2.05) is 0 Å². The number of hydrogen-bond acceptors (Lipinski definition) is 0. The van der Waals surface area contributed by atoms with E-state index in [2.05, 4.69) is 201 Å². The third-order valence-electron chi connectivity index (χ3n) is 13.1. The van der Waals surface area contributed by atoms with Gasteiger partial charge in [0.1, 0.15) is 0 Å². The van der Waals surface area contributed by atoms with Crippen LogP contribution in [0.25, 0.3) is 66.8 Å². The van der Waals surface area contributed by atoms with Gasteiger partial charge in [0.05, 0.1) is 5.41 Å². The first-order valence-corrected chi connectivity index (χ1v) is 20.4. The summed E-state index contributed by atoms with van der Waals surface area (Å²) in [5.41, 5.74) is 30.7. The van der Waals surface area contributed by atoms with E-state index >= 15 is 0 Å². The molecule has 0 aromatic heterocycles. The van der Waals surface area contributed by atoms with Crippen molar-refractivity contribution in [3.05, 3.63) is 212 Å². The Kier molecular flexibility index (Phi) is 7.97. The highest BCUT2D eigenvalue weighted by Gasteiger charge is 2.52. The molecule has 1 spiro atoms. The number of fused-ring (bicyclic) bond motifs is 10. The van der Waals surface area contributed by atoms with E-state index in [-0.39, 0.29) is 0 Å². The summed E-state index contributed by atoms with van der Waals surface area (Å²) in [5.74, 6) is 0. The Morgan fingerprint density at radius 2 is 0.456 bits per heavy atom. The van der Waals surface area contributed by atoms with Gasteiger partial charge in [-0.15, -0.1) is 0 Å². The lowest BCUT2D eigenvalue weighted by Gasteiger charge is -2.32. The summed E-state index contributed by atoms with van der Waals surface area (Å²) in [5, 5.41) is 0. The molecule has 0 fully saturated rings. The van der Waals surface area contributed by atoms with Crippen molar-refractivity contribution in [1.82, 2.24) is 0 Å². The van der Waals surface area contributed by atoms with Crippen molar-refractivity contribution in [1.29, 1.82) is 0 Å². The van der Waals surface area contributed by atoms with Crippen LogP contribution in [0, 0.1) is 55.4 Å². The van der Waals surface area contributed by atoms with Crippen LogP contribution in [-0.4, -0.2) is 0 Å². The van der Waals surface area contributed by atoms with Gasteiger partial charge >= 0.3 is 0 Å². The summed E-state index contributed by atoms with van der Waals surface area (Å²) in [6, 6.07) is 56.7. The zero-order valence-electron chi connectivity index (χ0n) is 34.4. The molecular formula is C57H48. The highest BCUT2D eigenvalue weighted by molar-refractivity contribution is 5.99. The molecule has 8 aromatic rings. The van der Waals surface area contributed by atoms with Crippen molar-refractivity contribution in [3.63, 3.8) is 0 Å². The molecule has 0 saturated carbocycles. The third kappa shape index (κ3) is 5.34. The second-order valence-electron chi connectivity index (χ2n) is 17.1. The maximum absolute atomic E-state index is 2.54. The number of benzene rings is 8. The molecule has 0 atom stereocenters. The van der Waals surface area contributed by atoms with Gasteiger partial charge < -0.3 is 0 Å². The van der Waals surface area contributed by atoms with Crippen LogP contribution < -0.4 is 0 Å². The average molecular weight is 733 g/mol. The van der Waals surface area contributed by atoms with Crippen molar-refractivity contribution >= 4 is 0 Å². The average Bonchev–Trinajstić information content (AvgIpc) is 3.67. The molecule has 0 heterocycles. The fraction of sp³-hybridized carbons (Fsp3) is 0.158. The van der Waals surface area contributed by atoms with E-state index in [0.717, 1.165) is 0 Å². The second-order valence-corrected chi connectivity index (χ2v) is 17.1. The lowest BCUT2D eigenvalue weighted by molar-refractivity contribution is 0.795. The van der Waals surface area contributed by atoms with Gasteiger partial charge in [0.25, 0.3) is 0 Å².